The number of nitrogens with zero attached hydrogens (tertiary/aromatic N) is 3. The Bertz CT molecular complexity index is 484. The predicted molar refractivity (Wildman–Crippen MR) is 59.0 cm³/mol. The summed E-state index contributed by atoms with van der Waals surface area (Å²) in [6, 6.07) is 2.58. The van der Waals surface area contributed by atoms with Crippen molar-refractivity contribution < 1.29 is 4.42 Å². The van der Waals surface area contributed by atoms with Crippen molar-refractivity contribution in [2.24, 2.45) is 7.05 Å². The first-order valence-corrected chi connectivity index (χ1v) is 5.49. The third kappa shape index (κ3) is 1.93. The standard InChI is InChI=1S/C11H14N4O/c1-15-5-4-8(7-15)6-12-11-14-13-10(16-11)9-2-3-9/h4-5,7,9H,2-3,6H2,1H3,(H,12,14). The van der Waals surface area contributed by atoms with E-state index in [2.05, 4.69) is 27.8 Å². The molecule has 0 spiro atoms. The van der Waals surface area contributed by atoms with E-state index >= 15 is 0 Å². The van der Waals surface area contributed by atoms with E-state index < -0.39 is 0 Å². The summed E-state index contributed by atoms with van der Waals surface area (Å²) in [5, 5.41) is 11.1. The van der Waals surface area contributed by atoms with E-state index in [0.29, 0.717) is 18.5 Å². The molecule has 1 aliphatic carbocycles. The first-order valence-electron chi connectivity index (χ1n) is 5.49. The minimum absolute atomic E-state index is 0.514. The fraction of sp³-hybridized carbons (Fsp3) is 0.455. The molecule has 5 nitrogen and oxygen atoms in total. The van der Waals surface area contributed by atoms with E-state index in [4.69, 9.17) is 4.42 Å². The van der Waals surface area contributed by atoms with Crippen LogP contribution in [0.15, 0.2) is 22.9 Å². The van der Waals surface area contributed by atoms with Gasteiger partial charge in [-0.25, -0.2) is 0 Å². The maximum Gasteiger partial charge on any atom is 0.315 e. The summed E-state index contributed by atoms with van der Waals surface area (Å²) in [6.45, 7) is 0.715. The number of aromatic nitrogens is 3. The van der Waals surface area contributed by atoms with Gasteiger partial charge in [-0.2, -0.15) is 0 Å². The van der Waals surface area contributed by atoms with E-state index in [1.165, 1.54) is 18.4 Å². The quantitative estimate of drug-likeness (QED) is 0.851. The second kappa shape index (κ2) is 3.66. The van der Waals surface area contributed by atoms with Gasteiger partial charge in [0, 0.05) is 31.9 Å². The molecule has 0 radical (unpaired) electrons. The highest BCUT2D eigenvalue weighted by molar-refractivity contribution is 5.22. The molecular weight excluding hydrogens is 204 g/mol. The number of hydrogen-bond donors (Lipinski definition) is 1. The Balaban J connectivity index is 1.61. The number of rotatable bonds is 4. The molecule has 0 bridgehead atoms. The van der Waals surface area contributed by atoms with Gasteiger partial charge in [0.25, 0.3) is 0 Å². The summed E-state index contributed by atoms with van der Waals surface area (Å²) in [5.74, 6) is 1.29. The van der Waals surface area contributed by atoms with E-state index in [1.807, 2.05) is 17.8 Å². The summed E-state index contributed by atoms with van der Waals surface area (Å²) in [5.41, 5.74) is 1.20. The molecule has 1 aliphatic rings. The highest BCUT2D eigenvalue weighted by Gasteiger charge is 2.29. The van der Waals surface area contributed by atoms with Crippen LogP contribution in [0.5, 0.6) is 0 Å². The second-order valence-electron chi connectivity index (χ2n) is 4.26. The molecule has 1 N–H and O–H groups in total. The monoisotopic (exact) mass is 218 g/mol. The van der Waals surface area contributed by atoms with Crippen LogP contribution in [0, 0.1) is 0 Å². The summed E-state index contributed by atoms with van der Waals surface area (Å²) < 4.78 is 7.51. The number of aryl methyl sites for hydroxylation is 1. The summed E-state index contributed by atoms with van der Waals surface area (Å²) in [4.78, 5) is 0. The Morgan fingerprint density at radius 1 is 1.50 bits per heavy atom. The second-order valence-corrected chi connectivity index (χ2v) is 4.26. The minimum atomic E-state index is 0.514. The Morgan fingerprint density at radius 2 is 2.38 bits per heavy atom. The zero-order valence-electron chi connectivity index (χ0n) is 9.18. The zero-order valence-corrected chi connectivity index (χ0v) is 9.18. The SMILES string of the molecule is Cn1ccc(CNc2nnc(C3CC3)o2)c1. The molecule has 0 atom stereocenters. The van der Waals surface area contributed by atoms with Gasteiger partial charge in [-0.1, -0.05) is 5.10 Å². The van der Waals surface area contributed by atoms with Crippen LogP contribution in [0.25, 0.3) is 0 Å². The molecule has 2 aromatic rings. The van der Waals surface area contributed by atoms with Gasteiger partial charge in [-0.05, 0) is 24.5 Å². The van der Waals surface area contributed by atoms with Crippen LogP contribution in [0.3, 0.4) is 0 Å². The third-order valence-corrected chi connectivity index (χ3v) is 2.70. The average molecular weight is 218 g/mol. The van der Waals surface area contributed by atoms with Gasteiger partial charge in [-0.3, -0.25) is 0 Å². The van der Waals surface area contributed by atoms with Crippen molar-refractivity contribution in [3.63, 3.8) is 0 Å². The van der Waals surface area contributed by atoms with Crippen molar-refractivity contribution in [3.8, 4) is 0 Å². The van der Waals surface area contributed by atoms with Crippen LogP contribution >= 0.6 is 0 Å². The molecule has 0 aromatic carbocycles. The topological polar surface area (TPSA) is 55.9 Å². The molecule has 2 heterocycles. The normalized spacial score (nSPS) is 15.3. The molecule has 5 heteroatoms. The van der Waals surface area contributed by atoms with E-state index in [-0.39, 0.29) is 0 Å². The molecule has 3 rings (SSSR count). The fourth-order valence-electron chi connectivity index (χ4n) is 1.64. The van der Waals surface area contributed by atoms with Crippen molar-refractivity contribution >= 4 is 6.01 Å². The van der Waals surface area contributed by atoms with Gasteiger partial charge >= 0.3 is 6.01 Å². The van der Waals surface area contributed by atoms with Crippen LogP contribution in [-0.2, 0) is 13.6 Å². The molecule has 0 unspecified atom stereocenters. The highest BCUT2D eigenvalue weighted by Crippen LogP contribution is 2.39. The van der Waals surface area contributed by atoms with Crippen molar-refractivity contribution in [2.45, 2.75) is 25.3 Å². The lowest BCUT2D eigenvalue weighted by Gasteiger charge is -1.97. The molecule has 0 aliphatic heterocycles. The van der Waals surface area contributed by atoms with Crippen molar-refractivity contribution in [1.29, 1.82) is 0 Å². The molecule has 1 saturated carbocycles. The molecule has 0 saturated heterocycles. The summed E-state index contributed by atoms with van der Waals surface area (Å²) in [7, 11) is 2.00. The number of nitrogens with one attached hydrogen (secondary N) is 1. The Kier molecular flexibility index (Phi) is 2.16. The van der Waals surface area contributed by atoms with Gasteiger partial charge in [0.1, 0.15) is 0 Å². The van der Waals surface area contributed by atoms with Crippen LogP contribution in [0.1, 0.15) is 30.2 Å². The Hall–Kier alpha value is -1.78. The first-order chi connectivity index (χ1) is 7.81. The molecular formula is C11H14N4O. The van der Waals surface area contributed by atoms with Crippen LogP contribution in [-0.4, -0.2) is 14.8 Å². The van der Waals surface area contributed by atoms with Gasteiger partial charge in [0.15, 0.2) is 0 Å². The third-order valence-electron chi connectivity index (χ3n) is 2.70. The van der Waals surface area contributed by atoms with Crippen LogP contribution in [0.4, 0.5) is 6.01 Å². The summed E-state index contributed by atoms with van der Waals surface area (Å²) in [6.07, 6.45) is 6.44. The van der Waals surface area contributed by atoms with Crippen molar-refractivity contribution in [2.75, 3.05) is 5.32 Å². The highest BCUT2D eigenvalue weighted by atomic mass is 16.4. The molecule has 84 valence electrons. The molecule has 1 fully saturated rings. The van der Waals surface area contributed by atoms with Crippen LogP contribution < -0.4 is 5.32 Å². The minimum Gasteiger partial charge on any atom is -0.408 e. The predicted octanol–water partition coefficient (Wildman–Crippen LogP) is 1.90. The van der Waals surface area contributed by atoms with E-state index in [1.54, 1.807) is 0 Å². The van der Waals surface area contributed by atoms with Gasteiger partial charge in [0.2, 0.25) is 5.89 Å². The lowest BCUT2D eigenvalue weighted by molar-refractivity contribution is 0.507. The lowest BCUT2D eigenvalue weighted by atomic mass is 10.3. The fourth-order valence-corrected chi connectivity index (χ4v) is 1.64. The van der Waals surface area contributed by atoms with Crippen molar-refractivity contribution in [1.82, 2.24) is 14.8 Å². The largest absolute Gasteiger partial charge is 0.408 e. The average Bonchev–Trinajstić information content (AvgIpc) is 2.87. The number of anilines is 1. The van der Waals surface area contributed by atoms with Gasteiger partial charge in [0.05, 0.1) is 0 Å². The van der Waals surface area contributed by atoms with Crippen molar-refractivity contribution in [3.05, 3.63) is 29.9 Å². The van der Waals surface area contributed by atoms with E-state index in [9.17, 15) is 0 Å². The first kappa shape index (κ1) is 9.45. The molecule has 2 aromatic heterocycles. The number of hydrogen-bond acceptors (Lipinski definition) is 4. The smallest absolute Gasteiger partial charge is 0.315 e. The zero-order chi connectivity index (χ0) is 11.0. The summed E-state index contributed by atoms with van der Waals surface area (Å²) >= 11 is 0. The molecule has 16 heavy (non-hydrogen) atoms. The lowest BCUT2D eigenvalue weighted by Crippen LogP contribution is -1.98. The maximum atomic E-state index is 5.50. The van der Waals surface area contributed by atoms with Gasteiger partial charge < -0.3 is 14.3 Å². The van der Waals surface area contributed by atoms with Crippen LogP contribution in [0.2, 0.25) is 0 Å². The van der Waals surface area contributed by atoms with E-state index in [0.717, 1.165) is 5.89 Å². The Morgan fingerprint density at radius 3 is 3.06 bits per heavy atom. The molecule has 0 amide bonds. The maximum absolute atomic E-state index is 5.50. The van der Waals surface area contributed by atoms with Gasteiger partial charge in [-0.15, -0.1) is 5.10 Å². The Labute approximate surface area is 93.5 Å².